The van der Waals surface area contributed by atoms with Crippen molar-refractivity contribution < 1.29 is 9.90 Å². The number of carbonyl (C=O) groups is 1. The van der Waals surface area contributed by atoms with Gasteiger partial charge in [-0.1, -0.05) is 13.0 Å². The lowest BCUT2D eigenvalue weighted by atomic mass is 10.1. The van der Waals surface area contributed by atoms with Gasteiger partial charge in [0.05, 0.1) is 11.4 Å². The molecule has 4 nitrogen and oxygen atoms in total. The Morgan fingerprint density at radius 3 is 2.57 bits per heavy atom. The molecule has 0 aliphatic carbocycles. The third-order valence-corrected chi connectivity index (χ3v) is 3.66. The Kier molecular flexibility index (Phi) is 4.26. The highest BCUT2D eigenvalue weighted by molar-refractivity contribution is 5.85. The number of hydrogen-bond donors (Lipinski definition) is 1. The summed E-state index contributed by atoms with van der Waals surface area (Å²) in [5, 5.41) is 13.3. The first-order valence-corrected chi connectivity index (χ1v) is 7.01. The van der Waals surface area contributed by atoms with Gasteiger partial charge in [0.25, 0.3) is 0 Å². The zero-order valence-corrected chi connectivity index (χ0v) is 12.8. The van der Waals surface area contributed by atoms with Crippen LogP contribution < -0.4 is 0 Å². The van der Waals surface area contributed by atoms with Crippen molar-refractivity contribution in [1.29, 1.82) is 0 Å². The molecule has 1 aromatic heterocycles. The van der Waals surface area contributed by atoms with E-state index in [4.69, 9.17) is 5.11 Å². The summed E-state index contributed by atoms with van der Waals surface area (Å²) in [5.41, 5.74) is 6.47. The van der Waals surface area contributed by atoms with Crippen LogP contribution in [0, 0.1) is 20.8 Å². The van der Waals surface area contributed by atoms with Gasteiger partial charge in [-0.25, -0.2) is 9.48 Å². The standard InChI is InChI=1S/C17H20N2O2/c1-5-15-12(3)18-19(13(15)4)16-8-6-14(10-11(16)2)7-9-17(20)21/h6-10H,5H2,1-4H3,(H,20,21). The van der Waals surface area contributed by atoms with Crippen molar-refractivity contribution in [3.63, 3.8) is 0 Å². The van der Waals surface area contributed by atoms with Gasteiger partial charge in [-0.05, 0) is 62.1 Å². The molecule has 0 saturated carbocycles. The van der Waals surface area contributed by atoms with Gasteiger partial charge in [0.15, 0.2) is 0 Å². The molecule has 0 unspecified atom stereocenters. The van der Waals surface area contributed by atoms with Gasteiger partial charge in [-0.15, -0.1) is 0 Å². The van der Waals surface area contributed by atoms with Crippen LogP contribution in [0.4, 0.5) is 0 Å². The molecule has 0 saturated heterocycles. The maximum absolute atomic E-state index is 10.6. The van der Waals surface area contributed by atoms with E-state index in [-0.39, 0.29) is 0 Å². The van der Waals surface area contributed by atoms with E-state index in [1.807, 2.05) is 36.7 Å². The van der Waals surface area contributed by atoms with Crippen molar-refractivity contribution in [3.8, 4) is 5.69 Å². The number of rotatable bonds is 4. The molecule has 1 aromatic carbocycles. The highest BCUT2D eigenvalue weighted by Gasteiger charge is 2.12. The molecule has 0 amide bonds. The van der Waals surface area contributed by atoms with E-state index in [9.17, 15) is 4.79 Å². The number of aryl methyl sites for hydroxylation is 2. The van der Waals surface area contributed by atoms with Gasteiger partial charge in [0, 0.05) is 11.8 Å². The summed E-state index contributed by atoms with van der Waals surface area (Å²) in [6.45, 7) is 8.25. The van der Waals surface area contributed by atoms with Crippen LogP contribution in [0.3, 0.4) is 0 Å². The van der Waals surface area contributed by atoms with E-state index in [2.05, 4.69) is 18.9 Å². The number of carboxylic acid groups (broad SMARTS) is 1. The van der Waals surface area contributed by atoms with Gasteiger partial charge in [-0.3, -0.25) is 0 Å². The Bertz CT molecular complexity index is 712. The van der Waals surface area contributed by atoms with Crippen molar-refractivity contribution in [3.05, 3.63) is 52.4 Å². The highest BCUT2D eigenvalue weighted by Crippen LogP contribution is 2.22. The van der Waals surface area contributed by atoms with E-state index in [0.29, 0.717) is 0 Å². The Hall–Kier alpha value is -2.36. The van der Waals surface area contributed by atoms with Crippen LogP contribution >= 0.6 is 0 Å². The Morgan fingerprint density at radius 2 is 2.05 bits per heavy atom. The summed E-state index contributed by atoms with van der Waals surface area (Å²) in [7, 11) is 0. The first kappa shape index (κ1) is 15.0. The van der Waals surface area contributed by atoms with Crippen LogP contribution in [0.5, 0.6) is 0 Å². The summed E-state index contributed by atoms with van der Waals surface area (Å²) in [6, 6.07) is 5.86. The van der Waals surface area contributed by atoms with Crippen LogP contribution in [0.1, 0.15) is 35.0 Å². The van der Waals surface area contributed by atoms with E-state index in [1.54, 1.807) is 6.08 Å². The van der Waals surface area contributed by atoms with E-state index >= 15 is 0 Å². The molecule has 0 aliphatic rings. The van der Waals surface area contributed by atoms with E-state index in [0.717, 1.165) is 40.7 Å². The number of hydrogen-bond acceptors (Lipinski definition) is 2. The first-order chi connectivity index (χ1) is 9.93. The Morgan fingerprint density at radius 1 is 1.33 bits per heavy atom. The van der Waals surface area contributed by atoms with Crippen molar-refractivity contribution in [1.82, 2.24) is 9.78 Å². The second-order valence-corrected chi connectivity index (χ2v) is 5.13. The fraction of sp³-hybridized carbons (Fsp3) is 0.294. The third kappa shape index (κ3) is 3.05. The van der Waals surface area contributed by atoms with Crippen LogP contribution in [0.15, 0.2) is 24.3 Å². The number of aliphatic carboxylic acids is 1. The molecule has 0 aliphatic heterocycles. The molecule has 0 atom stereocenters. The summed E-state index contributed by atoms with van der Waals surface area (Å²) in [5.74, 6) is -0.942. The molecule has 2 aromatic rings. The summed E-state index contributed by atoms with van der Waals surface area (Å²) in [6.07, 6.45) is 3.71. The molecule has 1 N–H and O–H groups in total. The smallest absolute Gasteiger partial charge is 0.328 e. The minimum Gasteiger partial charge on any atom is -0.478 e. The van der Waals surface area contributed by atoms with Gasteiger partial charge in [0.2, 0.25) is 0 Å². The summed E-state index contributed by atoms with van der Waals surface area (Å²) >= 11 is 0. The topological polar surface area (TPSA) is 55.1 Å². The third-order valence-electron chi connectivity index (χ3n) is 3.66. The molecule has 2 rings (SSSR count). The second kappa shape index (κ2) is 5.95. The maximum atomic E-state index is 10.6. The lowest BCUT2D eigenvalue weighted by molar-refractivity contribution is -0.131. The predicted molar refractivity (Wildman–Crippen MR) is 83.8 cm³/mol. The van der Waals surface area contributed by atoms with Gasteiger partial charge in [-0.2, -0.15) is 5.10 Å². The Balaban J connectivity index is 2.44. The molecule has 0 fully saturated rings. The second-order valence-electron chi connectivity index (χ2n) is 5.13. The van der Waals surface area contributed by atoms with Crippen LogP contribution in [-0.2, 0) is 11.2 Å². The normalized spacial score (nSPS) is 11.2. The highest BCUT2D eigenvalue weighted by atomic mass is 16.4. The van der Waals surface area contributed by atoms with Crippen molar-refractivity contribution >= 4 is 12.0 Å². The minimum absolute atomic E-state index is 0.871. The first-order valence-electron chi connectivity index (χ1n) is 7.01. The van der Waals surface area contributed by atoms with Crippen molar-refractivity contribution in [2.24, 2.45) is 0 Å². The number of carboxylic acids is 1. The summed E-state index contributed by atoms with van der Waals surface area (Å²) < 4.78 is 1.97. The zero-order valence-electron chi connectivity index (χ0n) is 12.8. The number of benzene rings is 1. The molecule has 21 heavy (non-hydrogen) atoms. The van der Waals surface area contributed by atoms with E-state index < -0.39 is 5.97 Å². The average Bonchev–Trinajstić information content (AvgIpc) is 2.71. The molecule has 0 spiro atoms. The minimum atomic E-state index is -0.942. The molecular weight excluding hydrogens is 264 g/mol. The van der Waals surface area contributed by atoms with Crippen LogP contribution in [0.25, 0.3) is 11.8 Å². The predicted octanol–water partition coefficient (Wildman–Crippen LogP) is 3.46. The molecule has 0 radical (unpaired) electrons. The van der Waals surface area contributed by atoms with Gasteiger partial charge < -0.3 is 5.11 Å². The lowest BCUT2D eigenvalue weighted by Gasteiger charge is -2.09. The SMILES string of the molecule is CCc1c(C)nn(-c2ccc(C=CC(=O)O)cc2C)c1C. The zero-order chi connectivity index (χ0) is 15.6. The van der Waals surface area contributed by atoms with Crippen LogP contribution in [0.2, 0.25) is 0 Å². The van der Waals surface area contributed by atoms with Gasteiger partial charge in [0.1, 0.15) is 0 Å². The van der Waals surface area contributed by atoms with Gasteiger partial charge >= 0.3 is 5.97 Å². The average molecular weight is 284 g/mol. The number of aromatic nitrogens is 2. The Labute approximate surface area is 124 Å². The molecule has 0 bridgehead atoms. The molecule has 1 heterocycles. The molecule has 4 heteroatoms. The van der Waals surface area contributed by atoms with E-state index in [1.165, 1.54) is 5.56 Å². The monoisotopic (exact) mass is 284 g/mol. The van der Waals surface area contributed by atoms with Crippen molar-refractivity contribution in [2.75, 3.05) is 0 Å². The fourth-order valence-corrected chi connectivity index (χ4v) is 2.61. The maximum Gasteiger partial charge on any atom is 0.328 e. The number of nitrogens with zero attached hydrogens (tertiary/aromatic N) is 2. The van der Waals surface area contributed by atoms with Crippen molar-refractivity contribution in [2.45, 2.75) is 34.1 Å². The lowest BCUT2D eigenvalue weighted by Crippen LogP contribution is -2.02. The largest absolute Gasteiger partial charge is 0.478 e. The quantitative estimate of drug-likeness (QED) is 0.875. The molecular formula is C17H20N2O2. The fourth-order valence-electron chi connectivity index (χ4n) is 2.61. The summed E-state index contributed by atoms with van der Waals surface area (Å²) in [4.78, 5) is 10.6. The molecule has 110 valence electrons. The van der Waals surface area contributed by atoms with Crippen LogP contribution in [-0.4, -0.2) is 20.9 Å².